The lowest BCUT2D eigenvalue weighted by atomic mass is 9.99. The van der Waals surface area contributed by atoms with Crippen LogP contribution >= 0.6 is 0 Å². The molecule has 0 radical (unpaired) electrons. The van der Waals surface area contributed by atoms with E-state index in [4.69, 9.17) is 5.14 Å². The van der Waals surface area contributed by atoms with E-state index in [0.29, 0.717) is 19.0 Å². The van der Waals surface area contributed by atoms with Crippen molar-refractivity contribution in [1.82, 2.24) is 19.7 Å². The SMILES string of the molecule is NS(=O)(=O)c1nnc(Nc2c3c(cc4c2CCC4)CCC3)n1CCN1CCCC1O. The van der Waals surface area contributed by atoms with Crippen LogP contribution in [0.1, 0.15) is 47.9 Å². The number of nitrogens with two attached hydrogens (primary N) is 1. The molecule has 1 unspecified atom stereocenters. The standard InChI is InChI=1S/C20H28N6O3S/c21-30(28,29)20-24-23-19(26(20)11-10-25-9-3-8-17(25)27)22-18-15-6-1-4-13(15)12-14-5-2-7-16(14)18/h12,17,27H,1-11H2,(H,22,23)(H2,21,28,29). The van der Waals surface area contributed by atoms with Crippen LogP contribution in [0.2, 0.25) is 0 Å². The van der Waals surface area contributed by atoms with E-state index in [-0.39, 0.29) is 5.16 Å². The smallest absolute Gasteiger partial charge is 0.273 e. The molecule has 0 spiro atoms. The first-order valence-corrected chi connectivity index (χ1v) is 12.3. The summed E-state index contributed by atoms with van der Waals surface area (Å²) in [5.41, 5.74) is 6.48. The molecule has 1 aromatic carbocycles. The molecule has 3 aliphatic rings. The van der Waals surface area contributed by atoms with Gasteiger partial charge in [-0.05, 0) is 73.6 Å². The highest BCUT2D eigenvalue weighted by Crippen LogP contribution is 2.39. The Morgan fingerprint density at radius 2 is 1.77 bits per heavy atom. The first-order chi connectivity index (χ1) is 14.4. The van der Waals surface area contributed by atoms with Crippen molar-refractivity contribution in [2.45, 2.75) is 69.3 Å². The van der Waals surface area contributed by atoms with Gasteiger partial charge in [-0.1, -0.05) is 6.07 Å². The predicted octanol–water partition coefficient (Wildman–Crippen LogP) is 1.06. The maximum absolute atomic E-state index is 12.1. The van der Waals surface area contributed by atoms with Gasteiger partial charge in [0, 0.05) is 25.3 Å². The Morgan fingerprint density at radius 1 is 1.07 bits per heavy atom. The fourth-order valence-corrected chi connectivity index (χ4v) is 5.81. The van der Waals surface area contributed by atoms with Crippen LogP contribution in [0, 0.1) is 0 Å². The van der Waals surface area contributed by atoms with E-state index in [9.17, 15) is 13.5 Å². The first-order valence-electron chi connectivity index (χ1n) is 10.7. The molecule has 2 aromatic rings. The van der Waals surface area contributed by atoms with Gasteiger partial charge < -0.3 is 10.4 Å². The number of benzene rings is 1. The number of hydrogen-bond acceptors (Lipinski definition) is 7. The van der Waals surface area contributed by atoms with Crippen molar-refractivity contribution in [3.8, 4) is 0 Å². The van der Waals surface area contributed by atoms with E-state index in [1.54, 1.807) is 0 Å². The predicted molar refractivity (Wildman–Crippen MR) is 112 cm³/mol. The summed E-state index contributed by atoms with van der Waals surface area (Å²) in [5.74, 6) is 0.391. The number of aliphatic hydroxyl groups excluding tert-OH is 1. The highest BCUT2D eigenvalue weighted by molar-refractivity contribution is 7.89. The summed E-state index contributed by atoms with van der Waals surface area (Å²) in [7, 11) is -4.02. The third kappa shape index (κ3) is 3.51. The second-order valence-corrected chi connectivity index (χ2v) is 9.98. The van der Waals surface area contributed by atoms with Crippen LogP contribution in [0.3, 0.4) is 0 Å². The first kappa shape index (κ1) is 19.9. The summed E-state index contributed by atoms with van der Waals surface area (Å²) in [6.45, 7) is 1.62. The number of primary sulfonamides is 1. The number of aromatic nitrogens is 3. The fraction of sp³-hybridized carbons (Fsp3) is 0.600. The largest absolute Gasteiger partial charge is 0.378 e. The fourth-order valence-electron chi connectivity index (χ4n) is 5.17. The molecule has 0 bridgehead atoms. The number of likely N-dealkylation sites (tertiary alicyclic amines) is 1. The van der Waals surface area contributed by atoms with Gasteiger partial charge in [-0.3, -0.25) is 9.47 Å². The zero-order chi connectivity index (χ0) is 20.9. The maximum atomic E-state index is 12.1. The topological polar surface area (TPSA) is 126 Å². The van der Waals surface area contributed by atoms with Gasteiger partial charge in [-0.2, -0.15) is 0 Å². The van der Waals surface area contributed by atoms with Crippen LogP contribution < -0.4 is 10.5 Å². The van der Waals surface area contributed by atoms with Crippen LogP contribution in [0.4, 0.5) is 11.6 Å². The molecule has 162 valence electrons. The molecule has 2 heterocycles. The van der Waals surface area contributed by atoms with Gasteiger partial charge in [0.1, 0.15) is 6.23 Å². The van der Waals surface area contributed by atoms with E-state index in [1.807, 2.05) is 4.90 Å². The van der Waals surface area contributed by atoms with Gasteiger partial charge in [0.2, 0.25) is 5.95 Å². The van der Waals surface area contributed by atoms with E-state index >= 15 is 0 Å². The Hall–Kier alpha value is -2.01. The normalized spacial score (nSPS) is 21.2. The van der Waals surface area contributed by atoms with Crippen molar-refractivity contribution in [2.75, 3.05) is 18.4 Å². The molecule has 4 N–H and O–H groups in total. The summed E-state index contributed by atoms with van der Waals surface area (Å²) < 4.78 is 25.8. The zero-order valence-electron chi connectivity index (χ0n) is 17.0. The number of nitrogens with zero attached hydrogens (tertiary/aromatic N) is 4. The summed E-state index contributed by atoms with van der Waals surface area (Å²) in [6.07, 6.45) is 7.64. The number of fused-ring (bicyclic) bond motifs is 2. The van der Waals surface area contributed by atoms with E-state index < -0.39 is 16.3 Å². The third-order valence-electron chi connectivity index (χ3n) is 6.62. The molecule has 1 atom stereocenters. The Kier molecular flexibility index (Phi) is 5.04. The summed E-state index contributed by atoms with van der Waals surface area (Å²) >= 11 is 0. The number of aryl methyl sites for hydroxylation is 2. The van der Waals surface area contributed by atoms with Crippen molar-refractivity contribution in [3.05, 3.63) is 28.3 Å². The minimum atomic E-state index is -4.02. The lowest BCUT2D eigenvalue weighted by Gasteiger charge is -2.21. The monoisotopic (exact) mass is 432 g/mol. The number of anilines is 2. The molecule has 1 saturated heterocycles. The molecule has 10 heteroatoms. The van der Waals surface area contributed by atoms with Crippen LogP contribution in [0.25, 0.3) is 0 Å². The highest BCUT2D eigenvalue weighted by atomic mass is 32.2. The van der Waals surface area contributed by atoms with Crippen molar-refractivity contribution in [1.29, 1.82) is 0 Å². The molecule has 0 amide bonds. The van der Waals surface area contributed by atoms with Gasteiger partial charge in [-0.25, -0.2) is 13.6 Å². The van der Waals surface area contributed by atoms with Crippen LogP contribution in [0.5, 0.6) is 0 Å². The van der Waals surface area contributed by atoms with E-state index in [2.05, 4.69) is 21.6 Å². The quantitative estimate of drug-likeness (QED) is 0.623. The van der Waals surface area contributed by atoms with Gasteiger partial charge >= 0.3 is 0 Å². The van der Waals surface area contributed by atoms with Crippen molar-refractivity contribution < 1.29 is 13.5 Å². The molecule has 9 nitrogen and oxygen atoms in total. The number of aliphatic hydroxyl groups is 1. The average Bonchev–Trinajstić information content (AvgIpc) is 3.46. The molecule has 5 rings (SSSR count). The summed E-state index contributed by atoms with van der Waals surface area (Å²) in [5, 5.41) is 26.7. The number of sulfonamides is 1. The molecular weight excluding hydrogens is 404 g/mol. The molecule has 1 fully saturated rings. The Labute approximate surface area is 176 Å². The summed E-state index contributed by atoms with van der Waals surface area (Å²) in [4.78, 5) is 1.94. The highest BCUT2D eigenvalue weighted by Gasteiger charge is 2.28. The van der Waals surface area contributed by atoms with Gasteiger partial charge in [0.05, 0.1) is 0 Å². The van der Waals surface area contributed by atoms with E-state index in [1.165, 1.54) is 26.8 Å². The molecule has 30 heavy (non-hydrogen) atoms. The molecular formula is C20H28N6O3S. The lowest BCUT2D eigenvalue weighted by molar-refractivity contribution is 0.0358. The number of nitrogens with one attached hydrogen (secondary N) is 1. The molecule has 1 aromatic heterocycles. The van der Waals surface area contributed by atoms with Crippen molar-refractivity contribution >= 4 is 21.7 Å². The van der Waals surface area contributed by atoms with Crippen LogP contribution in [-0.4, -0.2) is 52.5 Å². The van der Waals surface area contributed by atoms with Gasteiger partial charge in [-0.15, -0.1) is 10.2 Å². The third-order valence-corrected chi connectivity index (χ3v) is 7.43. The zero-order valence-corrected chi connectivity index (χ0v) is 17.8. The van der Waals surface area contributed by atoms with Gasteiger partial charge in [0.25, 0.3) is 15.2 Å². The molecule has 2 aliphatic carbocycles. The van der Waals surface area contributed by atoms with Crippen LogP contribution in [-0.2, 0) is 42.3 Å². The Balaban J connectivity index is 1.50. The second kappa shape index (κ2) is 7.60. The van der Waals surface area contributed by atoms with Gasteiger partial charge in [0.15, 0.2) is 0 Å². The Morgan fingerprint density at radius 3 is 2.37 bits per heavy atom. The number of hydrogen-bond donors (Lipinski definition) is 3. The van der Waals surface area contributed by atoms with Crippen LogP contribution in [0.15, 0.2) is 11.2 Å². The molecule has 0 saturated carbocycles. The maximum Gasteiger partial charge on any atom is 0.273 e. The minimum Gasteiger partial charge on any atom is -0.378 e. The van der Waals surface area contributed by atoms with E-state index in [0.717, 1.165) is 63.6 Å². The number of rotatable bonds is 6. The minimum absolute atomic E-state index is 0.247. The molecule has 1 aliphatic heterocycles. The second-order valence-electron chi connectivity index (χ2n) is 8.52. The van der Waals surface area contributed by atoms with Crippen molar-refractivity contribution in [2.24, 2.45) is 5.14 Å². The average molecular weight is 433 g/mol. The lowest BCUT2D eigenvalue weighted by Crippen LogP contribution is -2.33. The summed E-state index contributed by atoms with van der Waals surface area (Å²) in [6, 6.07) is 2.35. The Bertz CT molecular complexity index is 1050. The van der Waals surface area contributed by atoms with Crippen molar-refractivity contribution in [3.63, 3.8) is 0 Å².